The smallest absolute Gasteiger partial charge is 0.265 e. The summed E-state index contributed by atoms with van der Waals surface area (Å²) >= 11 is 6.96. The van der Waals surface area contributed by atoms with Crippen LogP contribution in [-0.4, -0.2) is 5.91 Å². The van der Waals surface area contributed by atoms with E-state index in [4.69, 9.17) is 16.9 Å². The van der Waals surface area contributed by atoms with Gasteiger partial charge in [0, 0.05) is 5.69 Å². The van der Waals surface area contributed by atoms with Crippen molar-refractivity contribution < 1.29 is 4.79 Å². The quantitative estimate of drug-likeness (QED) is 0.900. The fourth-order valence-electron chi connectivity index (χ4n) is 1.30. The highest BCUT2D eigenvalue weighted by atomic mass is 35.5. The number of nitrogens with zero attached hydrogens (tertiary/aromatic N) is 1. The number of carbonyl (C=O) groups excluding carboxylic acids is 1. The summed E-state index contributed by atoms with van der Waals surface area (Å²) in [5, 5.41) is 11.4. The van der Waals surface area contributed by atoms with Gasteiger partial charge >= 0.3 is 0 Å². The van der Waals surface area contributed by atoms with Gasteiger partial charge in [0.1, 0.15) is 0 Å². The fourth-order valence-corrected chi connectivity index (χ4v) is 2.23. The number of rotatable bonds is 2. The van der Waals surface area contributed by atoms with Crippen LogP contribution in [-0.2, 0) is 0 Å². The number of nitriles is 1. The molecule has 0 unspecified atom stereocenters. The first kappa shape index (κ1) is 11.6. The minimum atomic E-state index is -0.225. The zero-order valence-corrected chi connectivity index (χ0v) is 10.2. The second kappa shape index (κ2) is 5.00. The summed E-state index contributed by atoms with van der Waals surface area (Å²) in [7, 11) is 0. The first-order valence-corrected chi connectivity index (χ1v) is 5.95. The molecule has 1 aromatic carbocycles. The lowest BCUT2D eigenvalue weighted by Gasteiger charge is -2.03. The summed E-state index contributed by atoms with van der Waals surface area (Å²) in [4.78, 5) is 12.3. The van der Waals surface area contributed by atoms with Gasteiger partial charge in [-0.2, -0.15) is 5.26 Å². The molecule has 0 saturated heterocycles. The molecule has 2 rings (SSSR count). The van der Waals surface area contributed by atoms with E-state index in [2.05, 4.69) is 5.32 Å². The Labute approximate surface area is 107 Å². The van der Waals surface area contributed by atoms with Gasteiger partial charge in [0.05, 0.1) is 20.8 Å². The largest absolute Gasteiger partial charge is 0.321 e. The average molecular weight is 263 g/mol. The Balaban J connectivity index is 2.16. The third kappa shape index (κ3) is 2.84. The lowest BCUT2D eigenvalue weighted by Crippen LogP contribution is -2.09. The van der Waals surface area contributed by atoms with Crippen molar-refractivity contribution in [1.29, 1.82) is 5.26 Å². The van der Waals surface area contributed by atoms with E-state index in [0.717, 1.165) is 0 Å². The first-order chi connectivity index (χ1) is 8.19. The van der Waals surface area contributed by atoms with Crippen molar-refractivity contribution in [2.75, 3.05) is 5.32 Å². The van der Waals surface area contributed by atoms with Crippen LogP contribution in [0.2, 0.25) is 4.34 Å². The van der Waals surface area contributed by atoms with Gasteiger partial charge in [-0.1, -0.05) is 17.7 Å². The number of hydrogen-bond donors (Lipinski definition) is 1. The maximum Gasteiger partial charge on any atom is 0.265 e. The predicted molar refractivity (Wildman–Crippen MR) is 68.4 cm³/mol. The van der Waals surface area contributed by atoms with E-state index in [1.807, 2.05) is 6.07 Å². The summed E-state index contributed by atoms with van der Waals surface area (Å²) < 4.78 is 0.570. The van der Waals surface area contributed by atoms with Gasteiger partial charge in [-0.25, -0.2) is 0 Å². The van der Waals surface area contributed by atoms with E-state index in [9.17, 15) is 4.79 Å². The first-order valence-electron chi connectivity index (χ1n) is 4.76. The highest BCUT2D eigenvalue weighted by molar-refractivity contribution is 7.18. The molecule has 0 fully saturated rings. The lowest BCUT2D eigenvalue weighted by molar-refractivity contribution is 0.103. The molecule has 5 heteroatoms. The maximum absolute atomic E-state index is 11.8. The summed E-state index contributed by atoms with van der Waals surface area (Å²) in [5.74, 6) is -0.225. The minimum absolute atomic E-state index is 0.225. The zero-order chi connectivity index (χ0) is 12.3. The Morgan fingerprint density at radius 2 is 2.18 bits per heavy atom. The van der Waals surface area contributed by atoms with Crippen LogP contribution in [0.5, 0.6) is 0 Å². The van der Waals surface area contributed by atoms with Gasteiger partial charge in [0.15, 0.2) is 0 Å². The van der Waals surface area contributed by atoms with Crippen LogP contribution in [0.25, 0.3) is 0 Å². The van der Waals surface area contributed by atoms with Gasteiger partial charge in [-0.05, 0) is 30.3 Å². The van der Waals surface area contributed by atoms with E-state index in [1.54, 1.807) is 36.4 Å². The second-order valence-electron chi connectivity index (χ2n) is 3.25. The second-order valence-corrected chi connectivity index (χ2v) is 4.97. The molecular formula is C12H7ClN2OS. The Morgan fingerprint density at radius 1 is 1.35 bits per heavy atom. The SMILES string of the molecule is N#Cc1cccc(NC(=O)c2ccc(Cl)s2)c1. The molecule has 0 radical (unpaired) electrons. The monoisotopic (exact) mass is 262 g/mol. The van der Waals surface area contributed by atoms with Crippen molar-refractivity contribution in [2.45, 2.75) is 0 Å². The van der Waals surface area contributed by atoms with Gasteiger partial charge in [0.25, 0.3) is 5.91 Å². The molecule has 0 spiro atoms. The molecule has 0 aliphatic rings. The van der Waals surface area contributed by atoms with E-state index >= 15 is 0 Å². The Hall–Kier alpha value is -1.83. The molecule has 0 bridgehead atoms. The van der Waals surface area contributed by atoms with Gasteiger partial charge < -0.3 is 5.32 Å². The molecule has 17 heavy (non-hydrogen) atoms. The molecule has 1 N–H and O–H groups in total. The molecule has 3 nitrogen and oxygen atoms in total. The van der Waals surface area contributed by atoms with Crippen LogP contribution in [0, 0.1) is 11.3 Å². The molecule has 84 valence electrons. The fraction of sp³-hybridized carbons (Fsp3) is 0. The maximum atomic E-state index is 11.8. The van der Waals surface area contributed by atoms with Crippen LogP contribution in [0.4, 0.5) is 5.69 Å². The molecule has 0 saturated carbocycles. The third-order valence-corrected chi connectivity index (χ3v) is 3.28. The Morgan fingerprint density at radius 3 is 2.82 bits per heavy atom. The summed E-state index contributed by atoms with van der Waals surface area (Å²) in [6.45, 7) is 0. The molecular weight excluding hydrogens is 256 g/mol. The Bertz CT molecular complexity index is 601. The minimum Gasteiger partial charge on any atom is -0.321 e. The Kier molecular flexibility index (Phi) is 3.43. The summed E-state index contributed by atoms with van der Waals surface area (Å²) in [6, 6.07) is 12.1. The van der Waals surface area contributed by atoms with Crippen LogP contribution in [0.1, 0.15) is 15.2 Å². The highest BCUT2D eigenvalue weighted by Crippen LogP contribution is 2.22. The highest BCUT2D eigenvalue weighted by Gasteiger charge is 2.08. The number of halogens is 1. The zero-order valence-electron chi connectivity index (χ0n) is 8.61. The molecule has 1 aromatic heterocycles. The summed E-state index contributed by atoms with van der Waals surface area (Å²) in [5.41, 5.74) is 1.10. The van der Waals surface area contributed by atoms with Gasteiger partial charge in [0.2, 0.25) is 0 Å². The van der Waals surface area contributed by atoms with Gasteiger partial charge in [-0.3, -0.25) is 4.79 Å². The molecule has 1 heterocycles. The van der Waals surface area contributed by atoms with Crippen molar-refractivity contribution in [3.8, 4) is 6.07 Å². The predicted octanol–water partition coefficient (Wildman–Crippen LogP) is 3.53. The standard InChI is InChI=1S/C12H7ClN2OS/c13-11-5-4-10(17-11)12(16)15-9-3-1-2-8(6-9)7-14/h1-6H,(H,15,16). The lowest BCUT2D eigenvalue weighted by atomic mass is 10.2. The van der Waals surface area contributed by atoms with Crippen molar-refractivity contribution >= 4 is 34.5 Å². The number of nitrogens with one attached hydrogen (secondary N) is 1. The number of hydrogen-bond acceptors (Lipinski definition) is 3. The molecule has 0 atom stereocenters. The number of thiophene rings is 1. The van der Waals surface area contributed by atoms with Crippen LogP contribution < -0.4 is 5.32 Å². The van der Waals surface area contributed by atoms with E-state index in [1.165, 1.54) is 11.3 Å². The van der Waals surface area contributed by atoms with Crippen molar-refractivity contribution in [3.63, 3.8) is 0 Å². The van der Waals surface area contributed by atoms with Crippen molar-refractivity contribution in [2.24, 2.45) is 0 Å². The van der Waals surface area contributed by atoms with Crippen LogP contribution in [0.3, 0.4) is 0 Å². The number of benzene rings is 1. The average Bonchev–Trinajstić information content (AvgIpc) is 2.76. The molecule has 1 amide bonds. The van der Waals surface area contributed by atoms with E-state index in [0.29, 0.717) is 20.5 Å². The van der Waals surface area contributed by atoms with Crippen molar-refractivity contribution in [1.82, 2.24) is 0 Å². The molecule has 2 aromatic rings. The number of carbonyl (C=O) groups is 1. The normalized spacial score (nSPS) is 9.65. The third-order valence-electron chi connectivity index (χ3n) is 2.05. The number of amides is 1. The van der Waals surface area contributed by atoms with Crippen molar-refractivity contribution in [3.05, 3.63) is 51.2 Å². The number of anilines is 1. The summed E-state index contributed by atoms with van der Waals surface area (Å²) in [6.07, 6.45) is 0. The topological polar surface area (TPSA) is 52.9 Å². The van der Waals surface area contributed by atoms with E-state index < -0.39 is 0 Å². The van der Waals surface area contributed by atoms with E-state index in [-0.39, 0.29) is 5.91 Å². The van der Waals surface area contributed by atoms with Gasteiger partial charge in [-0.15, -0.1) is 11.3 Å². The van der Waals surface area contributed by atoms with Crippen LogP contribution in [0.15, 0.2) is 36.4 Å². The molecule has 0 aliphatic carbocycles. The van der Waals surface area contributed by atoms with Crippen LogP contribution >= 0.6 is 22.9 Å². The molecule has 0 aliphatic heterocycles.